The van der Waals surface area contributed by atoms with Crippen LogP contribution >= 0.6 is 15.9 Å². The first-order valence-corrected chi connectivity index (χ1v) is 14.9. The molecule has 4 rings (SSSR count). The molecule has 0 unspecified atom stereocenters. The summed E-state index contributed by atoms with van der Waals surface area (Å²) in [5.41, 5.74) is 5.25. The number of carbonyl (C=O) groups excluding carboxylic acids is 2. The van der Waals surface area contributed by atoms with Gasteiger partial charge in [-0.3, -0.25) is 5.43 Å². The fraction of sp³-hybridized carbons (Fsp3) is 0.281. The Bertz CT molecular complexity index is 1620. The predicted octanol–water partition coefficient (Wildman–Crippen LogP) is 4.70. The molecular formula is C32H34BrFN4O8. The zero-order chi connectivity index (χ0) is 33.2. The number of urea groups is 1. The highest BCUT2D eigenvalue weighted by Gasteiger charge is 2.32. The van der Waals surface area contributed by atoms with E-state index in [2.05, 4.69) is 37.1 Å². The maximum atomic E-state index is 13.2. The molecule has 0 bridgehead atoms. The van der Waals surface area contributed by atoms with E-state index in [1.54, 1.807) is 56.3 Å². The average molecular weight is 702 g/mol. The Kier molecular flexibility index (Phi) is 11.8. The molecule has 3 aromatic rings. The molecule has 0 fully saturated rings. The SMILES string of the molecule is CCOc1cc([C@H]2NC(=O)NC(C)=C2C(=O)OC)ccc1OC[C@H](O)N/N=C\c1cc(OC)c(OCc2ccc(F)cc2)cc1Br. The number of hydrogen-bond donors (Lipinski definition) is 4. The second kappa shape index (κ2) is 16.0. The third-order valence-electron chi connectivity index (χ3n) is 6.69. The molecular weight excluding hydrogens is 667 g/mol. The van der Waals surface area contributed by atoms with Crippen LogP contribution in [0.4, 0.5) is 9.18 Å². The van der Waals surface area contributed by atoms with E-state index >= 15 is 0 Å². The van der Waals surface area contributed by atoms with Gasteiger partial charge < -0.3 is 39.4 Å². The molecule has 0 aliphatic carbocycles. The number of rotatable bonds is 14. The molecule has 244 valence electrons. The number of esters is 1. The van der Waals surface area contributed by atoms with Gasteiger partial charge in [-0.05, 0) is 77.3 Å². The lowest BCUT2D eigenvalue weighted by molar-refractivity contribution is -0.136. The number of carbonyl (C=O) groups is 2. The zero-order valence-corrected chi connectivity index (χ0v) is 27.1. The molecule has 0 radical (unpaired) electrons. The molecule has 1 heterocycles. The summed E-state index contributed by atoms with van der Waals surface area (Å²) in [7, 11) is 2.78. The Morgan fingerprint density at radius 2 is 1.80 bits per heavy atom. The van der Waals surface area contributed by atoms with Crippen LogP contribution in [0, 0.1) is 5.82 Å². The molecule has 0 aromatic heterocycles. The minimum Gasteiger partial charge on any atom is -0.493 e. The Morgan fingerprint density at radius 3 is 2.50 bits per heavy atom. The van der Waals surface area contributed by atoms with E-state index < -0.39 is 24.3 Å². The normalized spacial score (nSPS) is 15.1. The fourth-order valence-electron chi connectivity index (χ4n) is 4.48. The third kappa shape index (κ3) is 8.67. The lowest BCUT2D eigenvalue weighted by atomic mass is 9.95. The van der Waals surface area contributed by atoms with Gasteiger partial charge in [0.25, 0.3) is 0 Å². The van der Waals surface area contributed by atoms with Crippen molar-refractivity contribution in [3.8, 4) is 23.0 Å². The second-order valence-corrected chi connectivity index (χ2v) is 10.7. The van der Waals surface area contributed by atoms with Gasteiger partial charge in [-0.2, -0.15) is 5.10 Å². The molecule has 3 aromatic carbocycles. The molecule has 0 saturated heterocycles. The summed E-state index contributed by atoms with van der Waals surface area (Å²) in [6.07, 6.45) is 0.298. The number of methoxy groups -OCH3 is 2. The number of amides is 2. The van der Waals surface area contributed by atoms with Crippen molar-refractivity contribution >= 4 is 34.1 Å². The number of ether oxygens (including phenoxy) is 5. The summed E-state index contributed by atoms with van der Waals surface area (Å²) < 4.78 is 41.6. The van der Waals surface area contributed by atoms with Crippen molar-refractivity contribution in [2.24, 2.45) is 5.10 Å². The van der Waals surface area contributed by atoms with Gasteiger partial charge in [0.1, 0.15) is 19.0 Å². The zero-order valence-electron chi connectivity index (χ0n) is 25.6. The molecule has 1 aliphatic heterocycles. The quantitative estimate of drug-likeness (QED) is 0.0813. The Hall–Kier alpha value is -4.82. The summed E-state index contributed by atoms with van der Waals surface area (Å²) in [6.45, 7) is 3.77. The highest BCUT2D eigenvalue weighted by Crippen LogP contribution is 2.35. The van der Waals surface area contributed by atoms with Gasteiger partial charge in [0.2, 0.25) is 0 Å². The summed E-state index contributed by atoms with van der Waals surface area (Å²) >= 11 is 3.49. The fourth-order valence-corrected chi connectivity index (χ4v) is 4.90. The second-order valence-electron chi connectivity index (χ2n) is 9.85. The van der Waals surface area contributed by atoms with Gasteiger partial charge in [-0.1, -0.05) is 18.2 Å². The Balaban J connectivity index is 1.39. The number of nitrogens with one attached hydrogen (secondary N) is 3. The van der Waals surface area contributed by atoms with Crippen molar-refractivity contribution in [2.75, 3.05) is 27.4 Å². The van der Waals surface area contributed by atoms with Crippen LogP contribution in [0.25, 0.3) is 0 Å². The topological polar surface area (TPSA) is 149 Å². The average Bonchev–Trinajstić information content (AvgIpc) is 3.04. The Morgan fingerprint density at radius 1 is 1.07 bits per heavy atom. The van der Waals surface area contributed by atoms with Crippen LogP contribution in [0.5, 0.6) is 23.0 Å². The third-order valence-corrected chi connectivity index (χ3v) is 7.38. The van der Waals surface area contributed by atoms with Crippen LogP contribution in [-0.4, -0.2) is 57.0 Å². The van der Waals surface area contributed by atoms with Crippen molar-refractivity contribution in [3.63, 3.8) is 0 Å². The first kappa shape index (κ1) is 34.1. The van der Waals surface area contributed by atoms with Crippen molar-refractivity contribution in [2.45, 2.75) is 32.7 Å². The predicted molar refractivity (Wildman–Crippen MR) is 170 cm³/mol. The van der Waals surface area contributed by atoms with Crippen LogP contribution in [0.3, 0.4) is 0 Å². The van der Waals surface area contributed by atoms with Crippen molar-refractivity contribution in [1.29, 1.82) is 0 Å². The standard InChI is InChI=1S/C32H34BrFN4O8/c1-5-44-26-12-20(30-29(31(40)43-4)18(2)36-32(41)37-30)8-11-24(26)46-17-28(39)38-35-15-21-13-25(42-3)27(14-23(21)33)45-16-19-6-9-22(34)10-7-19/h6-15,28,30,38-39H,5,16-17H2,1-4H3,(H2,36,37,41)/b35-15-/t28-,30+/m0/s1. The maximum absolute atomic E-state index is 13.2. The van der Waals surface area contributed by atoms with E-state index in [9.17, 15) is 19.1 Å². The number of aliphatic hydroxyl groups excluding tert-OH is 1. The number of nitrogens with zero attached hydrogens (tertiary/aromatic N) is 1. The molecule has 2 atom stereocenters. The number of benzene rings is 3. The lowest BCUT2D eigenvalue weighted by Gasteiger charge is -2.28. The summed E-state index contributed by atoms with van der Waals surface area (Å²) in [6, 6.07) is 13.2. The molecule has 14 heteroatoms. The minimum absolute atomic E-state index is 0.187. The number of hydrazone groups is 1. The first-order chi connectivity index (χ1) is 22.1. The van der Waals surface area contributed by atoms with Gasteiger partial charge in [-0.15, -0.1) is 0 Å². The van der Waals surface area contributed by atoms with E-state index in [-0.39, 0.29) is 24.6 Å². The van der Waals surface area contributed by atoms with E-state index in [4.69, 9.17) is 23.7 Å². The van der Waals surface area contributed by atoms with Gasteiger partial charge >= 0.3 is 12.0 Å². The number of allylic oxidation sites excluding steroid dienone is 1. The van der Waals surface area contributed by atoms with Gasteiger partial charge in [-0.25, -0.2) is 14.0 Å². The van der Waals surface area contributed by atoms with Crippen LogP contribution in [0.2, 0.25) is 0 Å². The number of hydrogen-bond acceptors (Lipinski definition) is 10. The maximum Gasteiger partial charge on any atom is 0.337 e. The minimum atomic E-state index is -1.19. The molecule has 0 spiro atoms. The molecule has 2 amide bonds. The highest BCUT2D eigenvalue weighted by atomic mass is 79.9. The number of aliphatic hydroxyl groups is 1. The molecule has 0 saturated carbocycles. The van der Waals surface area contributed by atoms with E-state index in [1.807, 2.05) is 0 Å². The smallest absolute Gasteiger partial charge is 0.337 e. The van der Waals surface area contributed by atoms with E-state index in [0.717, 1.165) is 5.56 Å². The van der Waals surface area contributed by atoms with Crippen molar-refractivity contribution in [1.82, 2.24) is 16.1 Å². The van der Waals surface area contributed by atoms with Gasteiger partial charge in [0, 0.05) is 15.7 Å². The van der Waals surface area contributed by atoms with Crippen LogP contribution in [-0.2, 0) is 16.1 Å². The van der Waals surface area contributed by atoms with Crippen LogP contribution in [0.15, 0.2) is 75.4 Å². The number of halogens is 2. The van der Waals surface area contributed by atoms with E-state index in [0.29, 0.717) is 50.9 Å². The molecule has 1 aliphatic rings. The summed E-state index contributed by atoms with van der Waals surface area (Å²) in [5.74, 6) is 0.707. The molecule has 4 N–H and O–H groups in total. The van der Waals surface area contributed by atoms with Crippen LogP contribution in [0.1, 0.15) is 36.6 Å². The summed E-state index contributed by atoms with van der Waals surface area (Å²) in [4.78, 5) is 24.6. The molecule has 12 nitrogen and oxygen atoms in total. The lowest BCUT2D eigenvalue weighted by Crippen LogP contribution is -2.45. The van der Waals surface area contributed by atoms with Crippen molar-refractivity contribution < 1.29 is 42.8 Å². The largest absolute Gasteiger partial charge is 0.493 e. The summed E-state index contributed by atoms with van der Waals surface area (Å²) in [5, 5.41) is 19.9. The molecule has 46 heavy (non-hydrogen) atoms. The van der Waals surface area contributed by atoms with E-state index in [1.165, 1.54) is 32.6 Å². The van der Waals surface area contributed by atoms with Gasteiger partial charge in [0.15, 0.2) is 29.2 Å². The van der Waals surface area contributed by atoms with Gasteiger partial charge in [0.05, 0.1) is 38.7 Å². The van der Waals surface area contributed by atoms with Crippen molar-refractivity contribution in [3.05, 3.63) is 92.8 Å². The van der Waals surface area contributed by atoms with Crippen LogP contribution < -0.4 is 35.0 Å². The Labute approximate surface area is 273 Å². The highest BCUT2D eigenvalue weighted by molar-refractivity contribution is 9.10. The first-order valence-electron chi connectivity index (χ1n) is 14.1. The monoisotopic (exact) mass is 700 g/mol.